The first-order chi connectivity index (χ1) is 5.91. The minimum absolute atomic E-state index is 0.219. The zero-order valence-electron chi connectivity index (χ0n) is 8.25. The predicted octanol–water partition coefficient (Wildman–Crippen LogP) is 0.586. The van der Waals surface area contributed by atoms with E-state index in [1.807, 2.05) is 13.1 Å². The molecule has 0 fully saturated rings. The van der Waals surface area contributed by atoms with Crippen molar-refractivity contribution < 1.29 is 19.4 Å². The molecule has 0 radical (unpaired) electrons. The Morgan fingerprint density at radius 3 is 2.00 bits per heavy atom. The summed E-state index contributed by atoms with van der Waals surface area (Å²) in [6.07, 6.45) is 0. The van der Waals surface area contributed by atoms with E-state index >= 15 is 0 Å². The molecule has 4 nitrogen and oxygen atoms in total. The van der Waals surface area contributed by atoms with Crippen LogP contribution in [0.2, 0.25) is 13.1 Å². The molecule has 0 atom stereocenters. The lowest BCUT2D eigenvalue weighted by Gasteiger charge is -2.08. The van der Waals surface area contributed by atoms with Gasteiger partial charge in [0.25, 0.3) is 0 Å². The molecule has 0 aliphatic carbocycles. The maximum atomic E-state index is 11.0. The van der Waals surface area contributed by atoms with Crippen molar-refractivity contribution in [2.45, 2.75) is 20.0 Å². The van der Waals surface area contributed by atoms with Gasteiger partial charge in [-0.3, -0.25) is 0 Å². The molecule has 0 bridgehead atoms. The molecule has 13 heavy (non-hydrogen) atoms. The number of methoxy groups -OCH3 is 1. The van der Waals surface area contributed by atoms with Gasteiger partial charge in [-0.25, -0.2) is 9.59 Å². The van der Waals surface area contributed by atoms with Crippen molar-refractivity contribution >= 4 is 20.7 Å². The normalized spacial score (nSPS) is 12.4. The Morgan fingerprint density at radius 1 is 1.31 bits per heavy atom. The molecular weight excluding hydrogens is 188 g/mol. The van der Waals surface area contributed by atoms with E-state index in [4.69, 9.17) is 5.11 Å². The SMILES string of the molecule is COC(=O)/C(C)=C(\C(=O)O)[SiH](C)C. The molecule has 1 N–H and O–H groups in total. The van der Waals surface area contributed by atoms with Crippen molar-refractivity contribution in [3.05, 3.63) is 10.8 Å². The molecule has 0 saturated heterocycles. The smallest absolute Gasteiger partial charge is 0.333 e. The maximum Gasteiger partial charge on any atom is 0.333 e. The molecule has 0 saturated carbocycles. The second-order valence-electron chi connectivity index (χ2n) is 2.99. The van der Waals surface area contributed by atoms with E-state index in [0.717, 1.165) is 0 Å². The number of rotatable bonds is 3. The Balaban J connectivity index is 5.09. The van der Waals surface area contributed by atoms with Gasteiger partial charge in [-0.2, -0.15) is 0 Å². The Hall–Kier alpha value is -1.10. The van der Waals surface area contributed by atoms with Gasteiger partial charge in [0, 0.05) is 10.8 Å². The fourth-order valence-electron chi connectivity index (χ4n) is 1.10. The van der Waals surface area contributed by atoms with Crippen LogP contribution in [0.1, 0.15) is 6.92 Å². The lowest BCUT2D eigenvalue weighted by Crippen LogP contribution is -2.20. The number of ether oxygens (including phenoxy) is 1. The van der Waals surface area contributed by atoms with E-state index < -0.39 is 20.7 Å². The topological polar surface area (TPSA) is 63.6 Å². The minimum Gasteiger partial charge on any atom is -0.478 e. The fourth-order valence-corrected chi connectivity index (χ4v) is 2.58. The number of esters is 1. The highest BCUT2D eigenvalue weighted by Gasteiger charge is 2.20. The molecule has 5 heteroatoms. The van der Waals surface area contributed by atoms with Crippen LogP contribution in [0.4, 0.5) is 0 Å². The predicted molar refractivity (Wildman–Crippen MR) is 51.2 cm³/mol. The third kappa shape index (κ3) is 3.02. The highest BCUT2D eigenvalue weighted by molar-refractivity contribution is 6.70. The summed E-state index contributed by atoms with van der Waals surface area (Å²) in [4.78, 5) is 21.8. The van der Waals surface area contributed by atoms with Gasteiger partial charge in [0.15, 0.2) is 0 Å². The van der Waals surface area contributed by atoms with Crippen LogP contribution in [0.5, 0.6) is 0 Å². The van der Waals surface area contributed by atoms with Crippen molar-refractivity contribution in [2.75, 3.05) is 7.11 Å². The van der Waals surface area contributed by atoms with Crippen LogP contribution in [-0.2, 0) is 14.3 Å². The fraction of sp³-hybridized carbons (Fsp3) is 0.500. The van der Waals surface area contributed by atoms with E-state index in [0.29, 0.717) is 0 Å². The molecule has 74 valence electrons. The van der Waals surface area contributed by atoms with E-state index in [9.17, 15) is 9.59 Å². The molecule has 0 aromatic rings. The van der Waals surface area contributed by atoms with Gasteiger partial charge >= 0.3 is 11.9 Å². The van der Waals surface area contributed by atoms with Crippen molar-refractivity contribution in [1.29, 1.82) is 0 Å². The van der Waals surface area contributed by atoms with Crippen LogP contribution >= 0.6 is 0 Å². The monoisotopic (exact) mass is 202 g/mol. The van der Waals surface area contributed by atoms with E-state index in [1.54, 1.807) is 0 Å². The third-order valence-corrected chi connectivity index (χ3v) is 3.54. The zero-order valence-corrected chi connectivity index (χ0v) is 9.40. The second-order valence-corrected chi connectivity index (χ2v) is 5.88. The third-order valence-electron chi connectivity index (χ3n) is 1.70. The first kappa shape index (κ1) is 11.9. The molecule has 0 amide bonds. The van der Waals surface area contributed by atoms with Crippen molar-refractivity contribution in [1.82, 2.24) is 0 Å². The molecule has 0 aliphatic rings. The van der Waals surface area contributed by atoms with Crippen LogP contribution in [0.15, 0.2) is 10.8 Å². The molecule has 0 aliphatic heterocycles. The summed E-state index contributed by atoms with van der Waals surface area (Å²) in [7, 11) is -0.249. The molecule has 0 rings (SSSR count). The summed E-state index contributed by atoms with van der Waals surface area (Å²) in [6.45, 7) is 5.20. The average Bonchev–Trinajstić information content (AvgIpc) is 2.01. The maximum absolute atomic E-state index is 11.0. The lowest BCUT2D eigenvalue weighted by molar-refractivity contribution is -0.137. The van der Waals surface area contributed by atoms with Gasteiger partial charge in [-0.05, 0) is 6.92 Å². The average molecular weight is 202 g/mol. The standard InChI is InChI=1S/C8H14O4Si/c1-5(8(11)12-2)6(7(9)10)13(3)4/h13H,1-4H3,(H,9,10)/b6-5+. The van der Waals surface area contributed by atoms with Crippen LogP contribution in [-0.4, -0.2) is 33.0 Å². The highest BCUT2D eigenvalue weighted by atomic mass is 28.3. The van der Waals surface area contributed by atoms with Gasteiger partial charge in [0.1, 0.15) is 0 Å². The van der Waals surface area contributed by atoms with Crippen LogP contribution in [0.25, 0.3) is 0 Å². The number of carbonyl (C=O) groups excluding carboxylic acids is 1. The van der Waals surface area contributed by atoms with Gasteiger partial charge in [0.2, 0.25) is 0 Å². The van der Waals surface area contributed by atoms with Crippen molar-refractivity contribution in [2.24, 2.45) is 0 Å². The van der Waals surface area contributed by atoms with Crippen molar-refractivity contribution in [3.8, 4) is 0 Å². The Morgan fingerprint density at radius 2 is 1.77 bits per heavy atom. The van der Waals surface area contributed by atoms with Crippen molar-refractivity contribution in [3.63, 3.8) is 0 Å². The van der Waals surface area contributed by atoms with Gasteiger partial charge < -0.3 is 9.84 Å². The molecular formula is C8H14O4Si. The Labute approximate surface area is 78.8 Å². The Kier molecular flexibility index (Phi) is 4.40. The summed E-state index contributed by atoms with van der Waals surface area (Å²) in [5.41, 5.74) is 0.219. The summed E-state index contributed by atoms with van der Waals surface area (Å²) in [5, 5.41) is 9.07. The van der Waals surface area contributed by atoms with E-state index in [1.165, 1.54) is 14.0 Å². The summed E-state index contributed by atoms with van der Waals surface area (Å²) < 4.78 is 4.46. The number of carboxylic acid groups (broad SMARTS) is 1. The van der Waals surface area contributed by atoms with Gasteiger partial charge in [-0.15, -0.1) is 0 Å². The number of aliphatic carboxylic acids is 1. The largest absolute Gasteiger partial charge is 0.478 e. The summed E-state index contributed by atoms with van der Waals surface area (Å²) in [5.74, 6) is -1.57. The molecule has 0 spiro atoms. The number of carboxylic acids is 1. The summed E-state index contributed by atoms with van der Waals surface area (Å²) in [6, 6.07) is 0. The van der Waals surface area contributed by atoms with E-state index in [2.05, 4.69) is 4.74 Å². The molecule has 0 heterocycles. The van der Waals surface area contributed by atoms with E-state index in [-0.39, 0.29) is 10.8 Å². The molecule has 0 aromatic heterocycles. The van der Waals surface area contributed by atoms with Crippen LogP contribution < -0.4 is 0 Å². The summed E-state index contributed by atoms with van der Waals surface area (Å²) >= 11 is 0. The van der Waals surface area contributed by atoms with Crippen LogP contribution in [0, 0.1) is 0 Å². The lowest BCUT2D eigenvalue weighted by atomic mass is 10.3. The first-order valence-corrected chi connectivity index (χ1v) is 6.82. The highest BCUT2D eigenvalue weighted by Crippen LogP contribution is 2.10. The first-order valence-electron chi connectivity index (χ1n) is 3.94. The quantitative estimate of drug-likeness (QED) is 0.413. The van der Waals surface area contributed by atoms with Gasteiger partial charge in [-0.1, -0.05) is 13.1 Å². The molecule has 0 aromatic carbocycles. The molecule has 0 unspecified atom stereocenters. The van der Waals surface area contributed by atoms with Gasteiger partial charge in [0.05, 0.1) is 15.9 Å². The van der Waals surface area contributed by atoms with Crippen LogP contribution in [0.3, 0.4) is 0 Å². The Bertz CT molecular complexity index is 255. The number of hydrogen-bond donors (Lipinski definition) is 1. The number of carbonyl (C=O) groups is 2. The number of hydrogen-bond acceptors (Lipinski definition) is 3. The minimum atomic E-state index is -1.49. The zero-order chi connectivity index (χ0) is 10.6. The second kappa shape index (κ2) is 4.81.